The summed E-state index contributed by atoms with van der Waals surface area (Å²) in [5.74, 6) is 2.12. The number of rotatable bonds is 4. The molecule has 0 aliphatic heterocycles. The lowest BCUT2D eigenvalue weighted by Gasteiger charge is -2.07. The maximum absolute atomic E-state index is 11.3. The maximum Gasteiger partial charge on any atom is 0.238 e. The van der Waals surface area contributed by atoms with Crippen LogP contribution in [0.1, 0.15) is 11.3 Å². The number of carbonyl (C=O) groups is 1. The summed E-state index contributed by atoms with van der Waals surface area (Å²) in [5, 5.41) is 2.68. The summed E-state index contributed by atoms with van der Waals surface area (Å²) >= 11 is 1.48. The highest BCUT2D eigenvalue weighted by atomic mass is 32.1. The zero-order chi connectivity index (χ0) is 10.4. The number of nitrogens with two attached hydrogens (primary N) is 1. The molecule has 0 saturated carbocycles. The average Bonchev–Trinajstić information content (AvgIpc) is 2.67. The normalized spacial score (nSPS) is 11.7. The predicted molar refractivity (Wildman–Crippen MR) is 55.4 cm³/mol. The van der Waals surface area contributed by atoms with E-state index in [0.717, 1.165) is 4.88 Å². The van der Waals surface area contributed by atoms with Gasteiger partial charge in [0.05, 0.1) is 18.1 Å². The number of amides is 1. The minimum atomic E-state index is -0.618. The number of hydrogen-bond acceptors (Lipinski definition) is 4. The minimum absolute atomic E-state index is 0.226. The van der Waals surface area contributed by atoms with Gasteiger partial charge < -0.3 is 11.1 Å². The maximum atomic E-state index is 11.3. The molecule has 1 rings (SSSR count). The van der Waals surface area contributed by atoms with E-state index < -0.39 is 6.04 Å². The number of nitrogens with one attached hydrogen (secondary N) is 1. The first kappa shape index (κ1) is 10.7. The average molecular weight is 209 g/mol. The van der Waals surface area contributed by atoms with E-state index in [0.29, 0.717) is 6.54 Å². The number of carbonyl (C=O) groups excluding carboxylic acids is 1. The third kappa shape index (κ3) is 3.17. The van der Waals surface area contributed by atoms with E-state index in [2.05, 4.69) is 16.2 Å². The van der Waals surface area contributed by atoms with Gasteiger partial charge in [-0.1, -0.05) is 0 Å². The smallest absolute Gasteiger partial charge is 0.238 e. The van der Waals surface area contributed by atoms with Crippen LogP contribution in [0.25, 0.3) is 0 Å². The first-order valence-corrected chi connectivity index (χ1v) is 4.96. The molecular formula is C9H11N3OS. The van der Waals surface area contributed by atoms with Gasteiger partial charge in [0.1, 0.15) is 0 Å². The van der Waals surface area contributed by atoms with Crippen LogP contribution >= 0.6 is 11.3 Å². The Labute approximate surface area is 86.5 Å². The van der Waals surface area contributed by atoms with E-state index in [-0.39, 0.29) is 12.3 Å². The zero-order valence-electron chi connectivity index (χ0n) is 7.56. The van der Waals surface area contributed by atoms with Gasteiger partial charge in [-0.25, -0.2) is 0 Å². The molecule has 74 valence electrons. The molecule has 4 nitrogen and oxygen atoms in total. The van der Waals surface area contributed by atoms with Crippen molar-refractivity contribution in [3.63, 3.8) is 0 Å². The van der Waals surface area contributed by atoms with Crippen LogP contribution in [-0.2, 0) is 11.3 Å². The summed E-state index contributed by atoms with van der Waals surface area (Å²) in [6.45, 7) is 0.460. The number of nitrogens with zero attached hydrogens (tertiary/aromatic N) is 1. The Morgan fingerprint density at radius 3 is 3.21 bits per heavy atom. The summed E-state index contributed by atoms with van der Waals surface area (Å²) in [6.07, 6.45) is 7.00. The fourth-order valence-corrected chi connectivity index (χ4v) is 1.39. The van der Waals surface area contributed by atoms with Gasteiger partial charge in [-0.15, -0.1) is 23.7 Å². The zero-order valence-corrected chi connectivity index (χ0v) is 8.38. The van der Waals surface area contributed by atoms with Crippen LogP contribution in [0.5, 0.6) is 0 Å². The first-order chi connectivity index (χ1) is 6.74. The van der Waals surface area contributed by atoms with Gasteiger partial charge >= 0.3 is 0 Å². The standard InChI is InChI=1S/C9H11N3OS/c1-2-3-8(10)9(13)12-5-7-4-11-6-14-7/h1,4,6,8H,3,5,10H2,(H,12,13). The molecule has 5 heteroatoms. The fourth-order valence-electron chi connectivity index (χ4n) is 0.854. The third-order valence-electron chi connectivity index (χ3n) is 1.59. The van der Waals surface area contributed by atoms with Crippen molar-refractivity contribution in [2.75, 3.05) is 0 Å². The topological polar surface area (TPSA) is 68.0 Å². The summed E-state index contributed by atoms with van der Waals surface area (Å²) in [6, 6.07) is -0.618. The molecule has 3 N–H and O–H groups in total. The fraction of sp³-hybridized carbons (Fsp3) is 0.333. The molecule has 1 unspecified atom stereocenters. The van der Waals surface area contributed by atoms with Gasteiger partial charge in [-0.2, -0.15) is 0 Å². The van der Waals surface area contributed by atoms with E-state index in [1.165, 1.54) is 11.3 Å². The third-order valence-corrected chi connectivity index (χ3v) is 2.37. The molecule has 0 aliphatic carbocycles. The van der Waals surface area contributed by atoms with Crippen molar-refractivity contribution in [1.29, 1.82) is 0 Å². The van der Waals surface area contributed by atoms with Crippen LogP contribution in [0.3, 0.4) is 0 Å². The first-order valence-electron chi connectivity index (χ1n) is 4.08. The van der Waals surface area contributed by atoms with E-state index in [1.807, 2.05) is 0 Å². The number of aromatic nitrogens is 1. The Balaban J connectivity index is 2.32. The second-order valence-electron chi connectivity index (χ2n) is 2.70. The van der Waals surface area contributed by atoms with Crippen molar-refractivity contribution in [1.82, 2.24) is 10.3 Å². The lowest BCUT2D eigenvalue weighted by Crippen LogP contribution is -2.39. The molecule has 0 fully saturated rings. The van der Waals surface area contributed by atoms with Crippen LogP contribution in [0.15, 0.2) is 11.7 Å². The predicted octanol–water partition coefficient (Wildman–Crippen LogP) is 0.110. The van der Waals surface area contributed by atoms with Crippen LogP contribution in [0.2, 0.25) is 0 Å². The largest absolute Gasteiger partial charge is 0.350 e. The molecule has 14 heavy (non-hydrogen) atoms. The lowest BCUT2D eigenvalue weighted by molar-refractivity contribution is -0.122. The molecular weight excluding hydrogens is 198 g/mol. The number of thiazole rings is 1. The Morgan fingerprint density at radius 1 is 1.86 bits per heavy atom. The van der Waals surface area contributed by atoms with Gasteiger partial charge in [0, 0.05) is 17.5 Å². The number of hydrogen-bond donors (Lipinski definition) is 2. The monoisotopic (exact) mass is 209 g/mol. The van der Waals surface area contributed by atoms with Crippen molar-refractivity contribution in [2.24, 2.45) is 5.73 Å². The second-order valence-corrected chi connectivity index (χ2v) is 3.67. The van der Waals surface area contributed by atoms with Crippen molar-refractivity contribution < 1.29 is 4.79 Å². The number of terminal acetylenes is 1. The SMILES string of the molecule is C#CCC(N)C(=O)NCc1cncs1. The summed E-state index contributed by atoms with van der Waals surface area (Å²) in [7, 11) is 0. The van der Waals surface area contributed by atoms with Gasteiger partial charge in [0.2, 0.25) is 5.91 Å². The van der Waals surface area contributed by atoms with Gasteiger partial charge in [-0.3, -0.25) is 9.78 Å². The summed E-state index contributed by atoms with van der Waals surface area (Å²) < 4.78 is 0. The molecule has 0 spiro atoms. The molecule has 1 aromatic rings. The summed E-state index contributed by atoms with van der Waals surface area (Å²) in [5.41, 5.74) is 7.21. The van der Waals surface area contributed by atoms with Crippen LogP contribution in [-0.4, -0.2) is 16.9 Å². The Morgan fingerprint density at radius 2 is 2.64 bits per heavy atom. The van der Waals surface area contributed by atoms with Crippen LogP contribution in [0.4, 0.5) is 0 Å². The molecule has 1 amide bonds. The van der Waals surface area contributed by atoms with Crippen molar-refractivity contribution >= 4 is 17.2 Å². The molecule has 1 heterocycles. The molecule has 0 aliphatic rings. The molecule has 0 bridgehead atoms. The van der Waals surface area contributed by atoms with Gasteiger partial charge in [0.15, 0.2) is 0 Å². The minimum Gasteiger partial charge on any atom is -0.350 e. The Bertz CT molecular complexity index is 328. The highest BCUT2D eigenvalue weighted by Crippen LogP contribution is 2.04. The summed E-state index contributed by atoms with van der Waals surface area (Å²) in [4.78, 5) is 16.2. The molecule has 0 saturated heterocycles. The lowest BCUT2D eigenvalue weighted by atomic mass is 10.2. The Kier molecular flexibility index (Phi) is 4.11. The van der Waals surface area contributed by atoms with Gasteiger partial charge in [0.25, 0.3) is 0 Å². The van der Waals surface area contributed by atoms with Crippen molar-refractivity contribution in [2.45, 2.75) is 19.0 Å². The van der Waals surface area contributed by atoms with E-state index >= 15 is 0 Å². The van der Waals surface area contributed by atoms with E-state index in [9.17, 15) is 4.79 Å². The molecule has 0 aromatic carbocycles. The van der Waals surface area contributed by atoms with E-state index in [4.69, 9.17) is 12.2 Å². The van der Waals surface area contributed by atoms with E-state index in [1.54, 1.807) is 11.7 Å². The second kappa shape index (κ2) is 5.37. The molecule has 0 radical (unpaired) electrons. The van der Waals surface area contributed by atoms with Gasteiger partial charge in [-0.05, 0) is 0 Å². The molecule has 1 aromatic heterocycles. The van der Waals surface area contributed by atoms with Crippen molar-refractivity contribution in [3.05, 3.63) is 16.6 Å². The highest BCUT2D eigenvalue weighted by Gasteiger charge is 2.11. The van der Waals surface area contributed by atoms with Crippen LogP contribution < -0.4 is 11.1 Å². The molecule has 1 atom stereocenters. The Hall–Kier alpha value is -1.38. The van der Waals surface area contributed by atoms with Crippen LogP contribution in [0, 0.1) is 12.3 Å². The van der Waals surface area contributed by atoms with Crippen molar-refractivity contribution in [3.8, 4) is 12.3 Å². The highest BCUT2D eigenvalue weighted by molar-refractivity contribution is 7.09. The quantitative estimate of drug-likeness (QED) is 0.692.